The Labute approximate surface area is 213 Å². The van der Waals surface area contributed by atoms with E-state index in [1.807, 2.05) is 18.2 Å². The van der Waals surface area contributed by atoms with Gasteiger partial charge in [0.25, 0.3) is 0 Å². The van der Waals surface area contributed by atoms with Gasteiger partial charge in [-0.3, -0.25) is 9.59 Å². The van der Waals surface area contributed by atoms with E-state index < -0.39 is 47.3 Å². The minimum absolute atomic E-state index is 0.0980. The molecule has 2 aromatic rings. The molecule has 2 rings (SSSR count). The van der Waals surface area contributed by atoms with Gasteiger partial charge in [0.1, 0.15) is 24.0 Å². The van der Waals surface area contributed by atoms with Crippen molar-refractivity contribution < 1.29 is 37.1 Å². The van der Waals surface area contributed by atoms with Crippen LogP contribution in [0.15, 0.2) is 54.6 Å². The Hall–Kier alpha value is -3.89. The molecule has 37 heavy (non-hydrogen) atoms. The van der Waals surface area contributed by atoms with Crippen LogP contribution in [0.4, 0.5) is 23.7 Å². The predicted molar refractivity (Wildman–Crippen MR) is 131 cm³/mol. The Kier molecular flexibility index (Phi) is 10.2. The number of halogens is 3. The molecular formula is C26H30F3N3O5. The Balaban J connectivity index is 2.20. The smallest absolute Gasteiger partial charge is 0.416 e. The van der Waals surface area contributed by atoms with Crippen LogP contribution in [0.1, 0.15) is 44.7 Å². The molecule has 0 aromatic heterocycles. The predicted octanol–water partition coefficient (Wildman–Crippen LogP) is 4.24. The van der Waals surface area contributed by atoms with E-state index in [2.05, 4.69) is 16.0 Å². The van der Waals surface area contributed by atoms with Crippen molar-refractivity contribution in [1.82, 2.24) is 10.6 Å². The quantitative estimate of drug-likeness (QED) is 0.405. The summed E-state index contributed by atoms with van der Waals surface area (Å²) in [6, 6.07) is 10.7. The molecule has 11 heteroatoms. The molecule has 2 atom stereocenters. The second-order valence-electron chi connectivity index (χ2n) is 9.25. The van der Waals surface area contributed by atoms with Gasteiger partial charge in [-0.25, -0.2) is 4.79 Å². The fourth-order valence-corrected chi connectivity index (χ4v) is 3.28. The topological polar surface area (TPSA) is 114 Å². The van der Waals surface area contributed by atoms with Gasteiger partial charge in [0, 0.05) is 12.1 Å². The van der Waals surface area contributed by atoms with Gasteiger partial charge in [0.05, 0.1) is 5.56 Å². The number of anilines is 1. The van der Waals surface area contributed by atoms with E-state index in [1.54, 1.807) is 32.9 Å². The van der Waals surface area contributed by atoms with Crippen LogP contribution in [0.3, 0.4) is 0 Å². The molecule has 0 fully saturated rings. The number of alkyl halides is 3. The number of nitrogens with one attached hydrogen (secondary N) is 3. The molecule has 0 aliphatic carbocycles. The molecule has 0 bridgehead atoms. The van der Waals surface area contributed by atoms with Crippen LogP contribution < -0.4 is 16.0 Å². The van der Waals surface area contributed by atoms with Gasteiger partial charge in [0.2, 0.25) is 11.8 Å². The molecule has 2 aromatic carbocycles. The van der Waals surface area contributed by atoms with Crippen LogP contribution in [0, 0.1) is 0 Å². The standard InChI is InChI=1S/C26H30F3N3O5/c1-25(2,3)37-24(36)32-21(14-15-33)23(35)31-20(13-12-17-8-5-4-6-9-17)22(34)30-19-11-7-10-18(16-19)26(27,28)29/h4-11,15-16,20-21H,12-14H2,1-3H3,(H,30,34)(H,31,35)(H,32,36). The maximum atomic E-state index is 13.1. The number of hydrogen-bond donors (Lipinski definition) is 3. The number of hydrogen-bond acceptors (Lipinski definition) is 5. The minimum Gasteiger partial charge on any atom is -0.444 e. The molecule has 0 saturated carbocycles. The number of carbonyl (C=O) groups is 4. The minimum atomic E-state index is -4.60. The highest BCUT2D eigenvalue weighted by Crippen LogP contribution is 2.30. The van der Waals surface area contributed by atoms with Crippen molar-refractivity contribution in [1.29, 1.82) is 0 Å². The molecule has 3 N–H and O–H groups in total. The lowest BCUT2D eigenvalue weighted by Crippen LogP contribution is -2.53. The molecule has 0 spiro atoms. The molecule has 3 amide bonds. The number of benzene rings is 2. The average Bonchev–Trinajstić information content (AvgIpc) is 2.80. The lowest BCUT2D eigenvalue weighted by molar-refractivity contribution is -0.137. The SMILES string of the molecule is CC(C)(C)OC(=O)NC(CC=O)C(=O)NC(CCc1ccccc1)C(=O)Nc1cccc(C(F)(F)F)c1. The van der Waals surface area contributed by atoms with Crippen molar-refractivity contribution in [3.05, 3.63) is 65.7 Å². The Morgan fingerprint density at radius 1 is 0.919 bits per heavy atom. The third-order valence-electron chi connectivity index (χ3n) is 4.99. The first kappa shape index (κ1) is 29.3. The summed E-state index contributed by atoms with van der Waals surface area (Å²) in [5.41, 5.74) is -1.03. The first-order chi connectivity index (χ1) is 17.3. The van der Waals surface area contributed by atoms with Gasteiger partial charge in [-0.05, 0) is 57.4 Å². The Bertz CT molecular complexity index is 1080. The van der Waals surface area contributed by atoms with E-state index in [-0.39, 0.29) is 18.5 Å². The zero-order valence-corrected chi connectivity index (χ0v) is 20.7. The summed E-state index contributed by atoms with van der Waals surface area (Å²) >= 11 is 0. The van der Waals surface area contributed by atoms with Gasteiger partial charge >= 0.3 is 12.3 Å². The molecule has 0 radical (unpaired) electrons. The van der Waals surface area contributed by atoms with Gasteiger partial charge in [-0.15, -0.1) is 0 Å². The van der Waals surface area contributed by atoms with Crippen LogP contribution in [-0.4, -0.2) is 41.9 Å². The monoisotopic (exact) mass is 521 g/mol. The van der Waals surface area contributed by atoms with Crippen LogP contribution in [-0.2, 0) is 31.7 Å². The number of ether oxygens (including phenoxy) is 1. The van der Waals surface area contributed by atoms with Crippen molar-refractivity contribution in [2.45, 2.75) is 63.9 Å². The first-order valence-corrected chi connectivity index (χ1v) is 11.5. The zero-order chi connectivity index (χ0) is 27.6. The van der Waals surface area contributed by atoms with Crippen LogP contribution in [0.2, 0.25) is 0 Å². The largest absolute Gasteiger partial charge is 0.444 e. The maximum Gasteiger partial charge on any atom is 0.416 e. The summed E-state index contributed by atoms with van der Waals surface area (Å²) < 4.78 is 44.3. The normalized spacial score (nSPS) is 13.1. The highest BCUT2D eigenvalue weighted by Gasteiger charge is 2.31. The number of amides is 3. The average molecular weight is 522 g/mol. The molecule has 8 nitrogen and oxygen atoms in total. The van der Waals surface area contributed by atoms with Crippen molar-refractivity contribution >= 4 is 29.9 Å². The van der Waals surface area contributed by atoms with Gasteiger partial charge in [-0.1, -0.05) is 36.4 Å². The second-order valence-corrected chi connectivity index (χ2v) is 9.25. The molecule has 2 unspecified atom stereocenters. The molecule has 0 heterocycles. The molecular weight excluding hydrogens is 491 g/mol. The first-order valence-electron chi connectivity index (χ1n) is 11.5. The summed E-state index contributed by atoms with van der Waals surface area (Å²) in [5, 5.41) is 7.21. The number of carbonyl (C=O) groups excluding carboxylic acids is 4. The fraction of sp³-hybridized carbons (Fsp3) is 0.385. The lowest BCUT2D eigenvalue weighted by Gasteiger charge is -2.24. The van der Waals surface area contributed by atoms with Crippen molar-refractivity contribution in [2.24, 2.45) is 0 Å². The van der Waals surface area contributed by atoms with E-state index in [0.717, 1.165) is 23.8 Å². The summed E-state index contributed by atoms with van der Waals surface area (Å²) in [6.07, 6.45) is -5.02. The van der Waals surface area contributed by atoms with E-state index in [4.69, 9.17) is 4.74 Å². The molecule has 0 aliphatic rings. The van der Waals surface area contributed by atoms with E-state index in [0.29, 0.717) is 12.7 Å². The Morgan fingerprint density at radius 3 is 2.19 bits per heavy atom. The number of rotatable bonds is 10. The molecule has 0 aliphatic heterocycles. The molecule has 0 saturated heterocycles. The van der Waals surface area contributed by atoms with Crippen molar-refractivity contribution in [2.75, 3.05) is 5.32 Å². The lowest BCUT2D eigenvalue weighted by atomic mass is 10.0. The van der Waals surface area contributed by atoms with Crippen molar-refractivity contribution in [3.63, 3.8) is 0 Å². The highest BCUT2D eigenvalue weighted by atomic mass is 19.4. The van der Waals surface area contributed by atoms with Crippen LogP contribution in [0.25, 0.3) is 0 Å². The Morgan fingerprint density at radius 2 is 1.59 bits per heavy atom. The van der Waals surface area contributed by atoms with Gasteiger partial charge in [0.15, 0.2) is 0 Å². The summed E-state index contributed by atoms with van der Waals surface area (Å²) in [4.78, 5) is 49.2. The summed E-state index contributed by atoms with van der Waals surface area (Å²) in [5.74, 6) is -1.58. The van der Waals surface area contributed by atoms with E-state index in [9.17, 15) is 32.3 Å². The number of aryl methyl sites for hydroxylation is 1. The summed E-state index contributed by atoms with van der Waals surface area (Å²) in [7, 11) is 0. The highest BCUT2D eigenvalue weighted by molar-refractivity contribution is 5.98. The fourth-order valence-electron chi connectivity index (χ4n) is 3.28. The third-order valence-corrected chi connectivity index (χ3v) is 4.99. The molecule has 200 valence electrons. The maximum absolute atomic E-state index is 13.1. The number of alkyl carbamates (subject to hydrolysis) is 1. The van der Waals surface area contributed by atoms with E-state index >= 15 is 0 Å². The van der Waals surface area contributed by atoms with Crippen molar-refractivity contribution in [3.8, 4) is 0 Å². The van der Waals surface area contributed by atoms with Gasteiger partial charge < -0.3 is 25.5 Å². The van der Waals surface area contributed by atoms with E-state index in [1.165, 1.54) is 6.07 Å². The third kappa shape index (κ3) is 10.3. The number of aldehydes is 1. The second kappa shape index (κ2) is 12.9. The zero-order valence-electron chi connectivity index (χ0n) is 20.7. The van der Waals surface area contributed by atoms with Gasteiger partial charge in [-0.2, -0.15) is 13.2 Å². The van der Waals surface area contributed by atoms with Crippen LogP contribution >= 0.6 is 0 Å². The summed E-state index contributed by atoms with van der Waals surface area (Å²) in [6.45, 7) is 4.87. The van der Waals surface area contributed by atoms with Crippen LogP contribution in [0.5, 0.6) is 0 Å².